The van der Waals surface area contributed by atoms with E-state index in [4.69, 9.17) is 17.0 Å². The number of hydrogen-bond acceptors (Lipinski definition) is 4. The van der Waals surface area contributed by atoms with Gasteiger partial charge in [0.15, 0.2) is 4.77 Å². The lowest BCUT2D eigenvalue weighted by molar-refractivity contribution is -0.132. The Morgan fingerprint density at radius 2 is 1.90 bits per heavy atom. The second-order valence-corrected chi connectivity index (χ2v) is 8.31. The van der Waals surface area contributed by atoms with E-state index in [2.05, 4.69) is 9.97 Å². The number of fused-ring (bicyclic) bond motifs is 3. The van der Waals surface area contributed by atoms with Gasteiger partial charge in [-0.15, -0.1) is 0 Å². The average Bonchev–Trinajstić information content (AvgIpc) is 3.13. The number of aromatic amines is 2. The van der Waals surface area contributed by atoms with Crippen LogP contribution in [0.15, 0.2) is 23.0 Å². The summed E-state index contributed by atoms with van der Waals surface area (Å²) >= 11 is 5.46. The normalized spacial score (nSPS) is 14.5. The minimum Gasteiger partial charge on any atom is -0.497 e. The van der Waals surface area contributed by atoms with E-state index in [9.17, 15) is 9.59 Å². The zero-order valence-corrected chi connectivity index (χ0v) is 18.1. The summed E-state index contributed by atoms with van der Waals surface area (Å²) in [5, 5.41) is 0.885. The molecule has 4 rings (SSSR count). The number of methoxy groups -OCH3 is 1. The molecule has 3 aromatic rings. The van der Waals surface area contributed by atoms with Crippen molar-refractivity contribution in [2.75, 3.05) is 20.2 Å². The maximum atomic E-state index is 13.0. The summed E-state index contributed by atoms with van der Waals surface area (Å²) in [6.07, 6.45) is 6.60. The van der Waals surface area contributed by atoms with Crippen LogP contribution in [0.2, 0.25) is 0 Å². The maximum absolute atomic E-state index is 13.0. The minimum absolute atomic E-state index is 0.117. The number of aromatic nitrogens is 3. The van der Waals surface area contributed by atoms with Gasteiger partial charge in [-0.3, -0.25) is 14.2 Å². The van der Waals surface area contributed by atoms with Gasteiger partial charge in [-0.2, -0.15) is 0 Å². The van der Waals surface area contributed by atoms with Crippen molar-refractivity contribution in [3.05, 3.63) is 33.3 Å². The number of nitrogens with one attached hydrogen (secondary N) is 2. The molecule has 0 bridgehead atoms. The number of hydrogen-bond donors (Lipinski definition) is 2. The highest BCUT2D eigenvalue weighted by Gasteiger charge is 2.16. The molecule has 1 aliphatic heterocycles. The average molecular weight is 429 g/mol. The van der Waals surface area contributed by atoms with Crippen LogP contribution in [-0.4, -0.2) is 45.5 Å². The van der Waals surface area contributed by atoms with Crippen molar-refractivity contribution in [3.8, 4) is 5.75 Å². The Balaban J connectivity index is 1.42. The first-order valence-electron chi connectivity index (χ1n) is 10.7. The molecule has 0 radical (unpaired) electrons. The van der Waals surface area contributed by atoms with Crippen molar-refractivity contribution in [2.24, 2.45) is 0 Å². The third-order valence-electron chi connectivity index (χ3n) is 5.92. The van der Waals surface area contributed by atoms with Gasteiger partial charge in [0.05, 0.1) is 12.6 Å². The Morgan fingerprint density at radius 1 is 1.10 bits per heavy atom. The third kappa shape index (κ3) is 4.14. The van der Waals surface area contributed by atoms with E-state index >= 15 is 0 Å². The van der Waals surface area contributed by atoms with Gasteiger partial charge in [-0.25, -0.2) is 0 Å². The standard InChI is InChI=1S/C22H28N4O3S/c1-29-15-9-10-17-16(14-15)19-20(23-17)21(28)26(22(30)24-19)13-7-2-4-8-18(27)25-11-5-3-6-12-25/h9-10,14,23H,2-8,11-13H2,1H3,(H,24,30). The van der Waals surface area contributed by atoms with E-state index in [1.807, 2.05) is 23.1 Å². The van der Waals surface area contributed by atoms with Gasteiger partial charge in [0, 0.05) is 37.0 Å². The van der Waals surface area contributed by atoms with Crippen molar-refractivity contribution in [2.45, 2.75) is 51.5 Å². The second kappa shape index (κ2) is 9.04. The minimum atomic E-state index is -0.117. The van der Waals surface area contributed by atoms with E-state index in [1.165, 1.54) is 6.42 Å². The van der Waals surface area contributed by atoms with Gasteiger partial charge in [0.25, 0.3) is 5.56 Å². The summed E-state index contributed by atoms with van der Waals surface area (Å²) in [5.41, 5.74) is 1.98. The zero-order chi connectivity index (χ0) is 21.1. The van der Waals surface area contributed by atoms with E-state index in [0.717, 1.165) is 61.8 Å². The summed E-state index contributed by atoms with van der Waals surface area (Å²) in [7, 11) is 1.62. The number of rotatable bonds is 7. The molecule has 1 aliphatic rings. The number of unbranched alkanes of at least 4 members (excludes halogenated alkanes) is 2. The van der Waals surface area contributed by atoms with E-state index < -0.39 is 0 Å². The maximum Gasteiger partial charge on any atom is 0.278 e. The SMILES string of the molecule is COc1ccc2[nH]c3c(=O)n(CCCCCC(=O)N4CCCCC4)c(=S)[nH]c3c2c1. The van der Waals surface area contributed by atoms with Crippen LogP contribution in [-0.2, 0) is 11.3 Å². The van der Waals surface area contributed by atoms with Crippen LogP contribution in [0.25, 0.3) is 21.9 Å². The molecule has 1 saturated heterocycles. The number of carbonyl (C=O) groups excluding carboxylic acids is 1. The van der Waals surface area contributed by atoms with Gasteiger partial charge in [-0.1, -0.05) is 6.42 Å². The molecule has 2 aromatic heterocycles. The molecule has 1 aromatic carbocycles. The highest BCUT2D eigenvalue weighted by molar-refractivity contribution is 7.71. The molecular weight excluding hydrogens is 400 g/mol. The third-order valence-corrected chi connectivity index (χ3v) is 6.25. The molecule has 1 fully saturated rings. The highest BCUT2D eigenvalue weighted by Crippen LogP contribution is 2.26. The number of H-pyrrole nitrogens is 2. The molecule has 0 unspecified atom stereocenters. The van der Waals surface area contributed by atoms with Crippen LogP contribution in [0.4, 0.5) is 0 Å². The summed E-state index contributed by atoms with van der Waals surface area (Å²) in [6, 6.07) is 5.65. The van der Waals surface area contributed by atoms with Gasteiger partial charge in [0.2, 0.25) is 5.91 Å². The predicted octanol–water partition coefficient (Wildman–Crippen LogP) is 4.12. The first-order valence-corrected chi connectivity index (χ1v) is 11.1. The van der Waals surface area contributed by atoms with Gasteiger partial charge in [-0.05, 0) is 62.5 Å². The quantitative estimate of drug-likeness (QED) is 0.438. The fourth-order valence-corrected chi connectivity index (χ4v) is 4.49. The summed E-state index contributed by atoms with van der Waals surface area (Å²) in [4.78, 5) is 33.7. The van der Waals surface area contributed by atoms with Crippen molar-refractivity contribution < 1.29 is 9.53 Å². The Bertz CT molecular complexity index is 1170. The number of ether oxygens (including phenoxy) is 1. The molecule has 30 heavy (non-hydrogen) atoms. The summed E-state index contributed by atoms with van der Waals surface area (Å²) in [6.45, 7) is 2.35. The first-order chi connectivity index (χ1) is 14.6. The van der Waals surface area contributed by atoms with E-state index in [1.54, 1.807) is 11.7 Å². The lowest BCUT2D eigenvalue weighted by Gasteiger charge is -2.26. The molecule has 0 saturated carbocycles. The second-order valence-electron chi connectivity index (χ2n) is 7.93. The van der Waals surface area contributed by atoms with Gasteiger partial charge in [0.1, 0.15) is 11.3 Å². The van der Waals surface area contributed by atoms with E-state index in [-0.39, 0.29) is 11.5 Å². The number of piperidine rings is 1. The topological polar surface area (TPSA) is 83.1 Å². The van der Waals surface area contributed by atoms with Gasteiger partial charge < -0.3 is 19.6 Å². The van der Waals surface area contributed by atoms with Crippen LogP contribution >= 0.6 is 12.2 Å². The Hall–Kier alpha value is -2.61. The summed E-state index contributed by atoms with van der Waals surface area (Å²) in [5.74, 6) is 0.991. The Morgan fingerprint density at radius 3 is 2.67 bits per heavy atom. The predicted molar refractivity (Wildman–Crippen MR) is 121 cm³/mol. The van der Waals surface area contributed by atoms with Crippen LogP contribution in [0, 0.1) is 4.77 Å². The van der Waals surface area contributed by atoms with Crippen molar-refractivity contribution in [1.82, 2.24) is 19.4 Å². The molecule has 0 spiro atoms. The molecule has 2 N–H and O–H groups in total. The highest BCUT2D eigenvalue weighted by atomic mass is 32.1. The lowest BCUT2D eigenvalue weighted by atomic mass is 10.1. The number of benzene rings is 1. The Labute approximate surface area is 180 Å². The van der Waals surface area contributed by atoms with Crippen LogP contribution in [0.3, 0.4) is 0 Å². The van der Waals surface area contributed by atoms with Crippen molar-refractivity contribution in [3.63, 3.8) is 0 Å². The fourth-order valence-electron chi connectivity index (χ4n) is 4.22. The number of carbonyl (C=O) groups is 1. The Kier molecular flexibility index (Phi) is 6.22. The molecule has 0 atom stereocenters. The first kappa shape index (κ1) is 20.7. The monoisotopic (exact) mass is 428 g/mol. The van der Waals surface area contributed by atoms with Crippen LogP contribution in [0.1, 0.15) is 44.9 Å². The number of likely N-dealkylation sites (tertiary alicyclic amines) is 1. The zero-order valence-electron chi connectivity index (χ0n) is 17.3. The molecule has 3 heterocycles. The molecule has 0 aliphatic carbocycles. The molecule has 1 amide bonds. The van der Waals surface area contributed by atoms with Crippen molar-refractivity contribution >= 4 is 40.1 Å². The lowest BCUT2D eigenvalue weighted by Crippen LogP contribution is -2.35. The molecule has 8 heteroatoms. The number of amides is 1. The van der Waals surface area contributed by atoms with Crippen LogP contribution < -0.4 is 10.3 Å². The largest absolute Gasteiger partial charge is 0.497 e. The van der Waals surface area contributed by atoms with Gasteiger partial charge >= 0.3 is 0 Å². The smallest absolute Gasteiger partial charge is 0.278 e. The van der Waals surface area contributed by atoms with Crippen molar-refractivity contribution in [1.29, 1.82) is 0 Å². The molecule has 7 nitrogen and oxygen atoms in total. The molecule has 160 valence electrons. The molecular formula is C22H28N4O3S. The fraction of sp³-hybridized carbons (Fsp3) is 0.500. The van der Waals surface area contributed by atoms with Crippen LogP contribution in [0.5, 0.6) is 5.75 Å². The van der Waals surface area contributed by atoms with E-state index in [0.29, 0.717) is 28.8 Å². The summed E-state index contributed by atoms with van der Waals surface area (Å²) < 4.78 is 7.32. The number of nitrogens with zero attached hydrogens (tertiary/aromatic N) is 2.